The summed E-state index contributed by atoms with van der Waals surface area (Å²) in [5.41, 5.74) is 0.743. The smallest absolute Gasteiger partial charge is 0.272 e. The Balaban J connectivity index is 1.85. The number of amides is 1. The summed E-state index contributed by atoms with van der Waals surface area (Å²) in [6, 6.07) is 6.45. The minimum absolute atomic E-state index is 0.0383. The molecule has 1 aliphatic heterocycles. The Morgan fingerprint density at radius 1 is 1.53 bits per heavy atom. The van der Waals surface area contributed by atoms with Crippen LogP contribution >= 0.6 is 11.8 Å². The van der Waals surface area contributed by atoms with E-state index in [4.69, 9.17) is 0 Å². The number of hydrogen-bond donors (Lipinski definition) is 2. The predicted molar refractivity (Wildman–Crippen MR) is 74.1 cm³/mol. The number of rotatable bonds is 5. The quantitative estimate of drug-likeness (QED) is 0.619. The van der Waals surface area contributed by atoms with E-state index in [0.29, 0.717) is 18.5 Å². The van der Waals surface area contributed by atoms with Crippen molar-refractivity contribution >= 4 is 23.4 Å². The molecule has 7 heteroatoms. The fourth-order valence-corrected chi connectivity index (χ4v) is 2.85. The van der Waals surface area contributed by atoms with Crippen LogP contribution in [0.25, 0.3) is 0 Å². The predicted octanol–water partition coefficient (Wildman–Crippen LogP) is 0.916. The van der Waals surface area contributed by atoms with Gasteiger partial charge in [-0.1, -0.05) is 18.2 Å². The molecule has 1 unspecified atom stereocenters. The Kier molecular flexibility index (Phi) is 4.75. The summed E-state index contributed by atoms with van der Waals surface area (Å²) in [5, 5.41) is 16.7. The van der Waals surface area contributed by atoms with Gasteiger partial charge in [0.05, 0.1) is 11.0 Å². The maximum Gasteiger partial charge on any atom is 0.272 e. The van der Waals surface area contributed by atoms with Crippen LogP contribution in [0, 0.1) is 10.1 Å². The molecule has 0 spiro atoms. The normalized spacial score (nSPS) is 18.2. The summed E-state index contributed by atoms with van der Waals surface area (Å²) in [6.45, 7) is 0.409. The molecule has 1 atom stereocenters. The topological polar surface area (TPSA) is 84.3 Å². The molecule has 2 rings (SSSR count). The first-order chi connectivity index (χ1) is 9.18. The Morgan fingerprint density at radius 2 is 2.32 bits per heavy atom. The van der Waals surface area contributed by atoms with Crippen LogP contribution in [-0.4, -0.2) is 35.0 Å². The van der Waals surface area contributed by atoms with Gasteiger partial charge in [-0.15, -0.1) is 11.8 Å². The molecule has 1 aromatic rings. The van der Waals surface area contributed by atoms with Crippen LogP contribution in [0.3, 0.4) is 0 Å². The summed E-state index contributed by atoms with van der Waals surface area (Å²) in [6.07, 6.45) is 0.461. The highest BCUT2D eigenvalue weighted by Crippen LogP contribution is 2.17. The van der Waals surface area contributed by atoms with Crippen molar-refractivity contribution in [2.24, 2.45) is 0 Å². The van der Waals surface area contributed by atoms with Crippen LogP contribution in [0.15, 0.2) is 24.3 Å². The number of benzene rings is 1. The Hall–Kier alpha value is -1.60. The third-order valence-electron chi connectivity index (χ3n) is 2.91. The molecule has 2 N–H and O–H groups in total. The van der Waals surface area contributed by atoms with E-state index in [9.17, 15) is 14.9 Å². The summed E-state index contributed by atoms with van der Waals surface area (Å²) in [4.78, 5) is 22.2. The molecule has 0 aliphatic carbocycles. The van der Waals surface area contributed by atoms with E-state index in [2.05, 4.69) is 10.6 Å². The van der Waals surface area contributed by atoms with Crippen molar-refractivity contribution in [3.05, 3.63) is 39.9 Å². The fourth-order valence-electron chi connectivity index (χ4n) is 1.91. The lowest BCUT2D eigenvalue weighted by molar-refractivity contribution is -0.385. The minimum atomic E-state index is -0.397. The lowest BCUT2D eigenvalue weighted by Gasteiger charge is -2.10. The maximum absolute atomic E-state index is 11.7. The molecule has 0 aromatic heterocycles. The third-order valence-corrected chi connectivity index (χ3v) is 3.85. The highest BCUT2D eigenvalue weighted by molar-refractivity contribution is 7.99. The highest BCUT2D eigenvalue weighted by atomic mass is 32.2. The van der Waals surface area contributed by atoms with Gasteiger partial charge in [-0.3, -0.25) is 20.2 Å². The molecular weight excluding hydrogens is 266 g/mol. The third kappa shape index (κ3) is 3.68. The average molecular weight is 281 g/mol. The SMILES string of the molecule is O=C(NCCc1ccccc1[N+](=O)[O-])C1CSCN1. The number of nitrogens with zero attached hydrogens (tertiary/aromatic N) is 1. The summed E-state index contributed by atoms with van der Waals surface area (Å²) in [7, 11) is 0. The van der Waals surface area contributed by atoms with E-state index >= 15 is 0 Å². The Morgan fingerprint density at radius 3 is 3.00 bits per heavy atom. The van der Waals surface area contributed by atoms with Crippen LogP contribution < -0.4 is 10.6 Å². The first kappa shape index (κ1) is 13.8. The van der Waals surface area contributed by atoms with E-state index in [-0.39, 0.29) is 17.6 Å². The largest absolute Gasteiger partial charge is 0.354 e. The zero-order valence-corrected chi connectivity index (χ0v) is 11.1. The molecule has 1 heterocycles. The molecule has 19 heavy (non-hydrogen) atoms. The average Bonchev–Trinajstić information content (AvgIpc) is 2.93. The summed E-state index contributed by atoms with van der Waals surface area (Å²) < 4.78 is 0. The van der Waals surface area contributed by atoms with Crippen LogP contribution in [0.5, 0.6) is 0 Å². The standard InChI is InChI=1S/C12H15N3O3S/c16-12(10-7-19-8-14-10)13-6-5-9-3-1-2-4-11(9)15(17)18/h1-4,10,14H,5-8H2,(H,13,16). The summed E-state index contributed by atoms with van der Waals surface area (Å²) in [5.74, 6) is 1.53. The lowest BCUT2D eigenvalue weighted by atomic mass is 10.1. The molecule has 1 saturated heterocycles. The van der Waals surface area contributed by atoms with Gasteiger partial charge in [0.1, 0.15) is 0 Å². The highest BCUT2D eigenvalue weighted by Gasteiger charge is 2.22. The Labute approximate surface area is 115 Å². The van der Waals surface area contributed by atoms with Gasteiger partial charge >= 0.3 is 0 Å². The van der Waals surface area contributed by atoms with Crippen molar-refractivity contribution in [1.29, 1.82) is 0 Å². The molecule has 1 amide bonds. The zero-order chi connectivity index (χ0) is 13.7. The van der Waals surface area contributed by atoms with Crippen molar-refractivity contribution in [2.45, 2.75) is 12.5 Å². The number of carbonyl (C=O) groups excluding carboxylic acids is 1. The molecule has 1 aliphatic rings. The number of nitrogens with one attached hydrogen (secondary N) is 2. The lowest BCUT2D eigenvalue weighted by Crippen LogP contribution is -2.42. The number of hydrogen-bond acceptors (Lipinski definition) is 5. The fraction of sp³-hybridized carbons (Fsp3) is 0.417. The first-order valence-corrected chi connectivity index (χ1v) is 7.15. The molecular formula is C12H15N3O3S. The van der Waals surface area contributed by atoms with Crippen molar-refractivity contribution in [1.82, 2.24) is 10.6 Å². The number of nitro benzene ring substituents is 1. The number of nitro groups is 1. The van der Waals surface area contributed by atoms with Gasteiger partial charge in [-0.25, -0.2) is 0 Å². The molecule has 6 nitrogen and oxygen atoms in total. The van der Waals surface area contributed by atoms with Crippen molar-refractivity contribution in [3.8, 4) is 0 Å². The van der Waals surface area contributed by atoms with Crippen LogP contribution in [0.4, 0.5) is 5.69 Å². The number of carbonyl (C=O) groups is 1. The minimum Gasteiger partial charge on any atom is -0.354 e. The molecule has 1 fully saturated rings. The maximum atomic E-state index is 11.7. The van der Waals surface area contributed by atoms with E-state index < -0.39 is 4.92 Å². The number of thioether (sulfide) groups is 1. The molecule has 0 radical (unpaired) electrons. The van der Waals surface area contributed by atoms with E-state index in [1.165, 1.54) is 6.07 Å². The van der Waals surface area contributed by atoms with Gasteiger partial charge in [0.2, 0.25) is 5.91 Å². The molecule has 0 saturated carbocycles. The van der Waals surface area contributed by atoms with Gasteiger partial charge in [0, 0.05) is 29.8 Å². The van der Waals surface area contributed by atoms with E-state index in [0.717, 1.165) is 11.6 Å². The van der Waals surface area contributed by atoms with Gasteiger partial charge < -0.3 is 5.32 Å². The van der Waals surface area contributed by atoms with Gasteiger partial charge in [-0.2, -0.15) is 0 Å². The van der Waals surface area contributed by atoms with Gasteiger partial charge in [0.15, 0.2) is 0 Å². The van der Waals surface area contributed by atoms with E-state index in [1.54, 1.807) is 30.0 Å². The Bertz CT molecular complexity index is 475. The molecule has 1 aromatic carbocycles. The second-order valence-corrected chi connectivity index (χ2v) is 5.23. The van der Waals surface area contributed by atoms with Crippen LogP contribution in [-0.2, 0) is 11.2 Å². The van der Waals surface area contributed by atoms with E-state index in [1.807, 2.05) is 0 Å². The second kappa shape index (κ2) is 6.53. The first-order valence-electron chi connectivity index (χ1n) is 5.99. The number of para-hydroxylation sites is 1. The van der Waals surface area contributed by atoms with Crippen LogP contribution in [0.1, 0.15) is 5.56 Å². The van der Waals surface area contributed by atoms with Crippen molar-refractivity contribution in [3.63, 3.8) is 0 Å². The van der Waals surface area contributed by atoms with Crippen molar-refractivity contribution in [2.75, 3.05) is 18.2 Å². The van der Waals surface area contributed by atoms with Crippen LogP contribution in [0.2, 0.25) is 0 Å². The monoisotopic (exact) mass is 281 g/mol. The molecule has 102 valence electrons. The molecule has 0 bridgehead atoms. The van der Waals surface area contributed by atoms with Gasteiger partial charge in [0.25, 0.3) is 5.69 Å². The second-order valence-electron chi connectivity index (χ2n) is 4.20. The van der Waals surface area contributed by atoms with Gasteiger partial charge in [-0.05, 0) is 6.42 Å². The zero-order valence-electron chi connectivity index (χ0n) is 10.3. The summed E-state index contributed by atoms with van der Waals surface area (Å²) >= 11 is 1.69. The van der Waals surface area contributed by atoms with Crippen molar-refractivity contribution < 1.29 is 9.72 Å².